The topological polar surface area (TPSA) is 74.6 Å². The number of carboxylic acids is 2. The van der Waals surface area contributed by atoms with Gasteiger partial charge in [-0.3, -0.25) is 4.79 Å². The Bertz CT molecular complexity index is 445. The molecule has 5 heteroatoms. The van der Waals surface area contributed by atoms with Gasteiger partial charge >= 0.3 is 11.9 Å². The lowest BCUT2D eigenvalue weighted by Crippen LogP contribution is -2.16. The Labute approximate surface area is 117 Å². The van der Waals surface area contributed by atoms with Crippen LogP contribution in [0.3, 0.4) is 0 Å². The van der Waals surface area contributed by atoms with Crippen LogP contribution in [-0.2, 0) is 11.2 Å². The van der Waals surface area contributed by atoms with Gasteiger partial charge < -0.3 is 10.2 Å². The van der Waals surface area contributed by atoms with E-state index in [2.05, 4.69) is 12.6 Å². The van der Waals surface area contributed by atoms with E-state index in [1.165, 1.54) is 12.1 Å². The van der Waals surface area contributed by atoms with E-state index < -0.39 is 17.9 Å². The number of hydrogen-bond donors (Lipinski definition) is 3. The fourth-order valence-corrected chi connectivity index (χ4v) is 2.15. The third kappa shape index (κ3) is 5.34. The maximum atomic E-state index is 11.2. The van der Waals surface area contributed by atoms with Gasteiger partial charge in [-0.25, -0.2) is 4.79 Å². The summed E-state index contributed by atoms with van der Waals surface area (Å²) in [5.41, 5.74) is 0.940. The van der Waals surface area contributed by atoms with Crippen LogP contribution in [0.25, 0.3) is 0 Å². The van der Waals surface area contributed by atoms with Crippen LogP contribution in [0.4, 0.5) is 0 Å². The first-order valence-electron chi connectivity index (χ1n) is 6.20. The summed E-state index contributed by atoms with van der Waals surface area (Å²) < 4.78 is 0. The molecule has 2 N–H and O–H groups in total. The predicted octanol–water partition coefficient (Wildman–Crippen LogP) is 2.73. The van der Waals surface area contributed by atoms with Crippen LogP contribution in [-0.4, -0.2) is 27.9 Å². The Hall–Kier alpha value is -1.49. The van der Waals surface area contributed by atoms with Crippen molar-refractivity contribution in [2.24, 2.45) is 5.92 Å². The molecular formula is C14H18O4S. The van der Waals surface area contributed by atoms with Gasteiger partial charge in [-0.1, -0.05) is 18.6 Å². The van der Waals surface area contributed by atoms with Gasteiger partial charge in [0.15, 0.2) is 0 Å². The van der Waals surface area contributed by atoms with Crippen LogP contribution in [0, 0.1) is 5.92 Å². The van der Waals surface area contributed by atoms with Crippen molar-refractivity contribution < 1.29 is 19.8 Å². The first-order valence-corrected chi connectivity index (χ1v) is 6.83. The van der Waals surface area contributed by atoms with Gasteiger partial charge in [0.2, 0.25) is 0 Å². The molecule has 0 bridgehead atoms. The third-order valence-electron chi connectivity index (χ3n) is 2.97. The largest absolute Gasteiger partial charge is 0.481 e. The monoisotopic (exact) mass is 282 g/mol. The second-order valence-corrected chi connectivity index (χ2v) is 4.91. The lowest BCUT2D eigenvalue weighted by atomic mass is 9.93. The molecular weight excluding hydrogens is 264 g/mol. The van der Waals surface area contributed by atoms with Crippen molar-refractivity contribution in [1.82, 2.24) is 0 Å². The Kier molecular flexibility index (Phi) is 6.42. The minimum atomic E-state index is -0.996. The zero-order valence-corrected chi connectivity index (χ0v) is 11.5. The Balaban J connectivity index is 2.70. The van der Waals surface area contributed by atoms with E-state index in [1.807, 2.05) is 0 Å². The van der Waals surface area contributed by atoms with Crippen molar-refractivity contribution in [1.29, 1.82) is 0 Å². The van der Waals surface area contributed by atoms with Crippen molar-refractivity contribution in [3.8, 4) is 0 Å². The number of hydrogen-bond acceptors (Lipinski definition) is 3. The summed E-state index contributed by atoms with van der Waals surface area (Å²) in [6.45, 7) is 0. The lowest BCUT2D eigenvalue weighted by molar-refractivity contribution is -0.142. The molecule has 0 unspecified atom stereocenters. The van der Waals surface area contributed by atoms with Crippen molar-refractivity contribution in [2.75, 3.05) is 5.75 Å². The zero-order chi connectivity index (χ0) is 14.3. The molecule has 0 heterocycles. The lowest BCUT2D eigenvalue weighted by Gasteiger charge is -2.12. The maximum Gasteiger partial charge on any atom is 0.335 e. The average molecular weight is 282 g/mol. The summed E-state index contributed by atoms with van der Waals surface area (Å²) in [5.74, 6) is -1.55. The molecule has 19 heavy (non-hydrogen) atoms. The molecule has 0 amide bonds. The first kappa shape index (κ1) is 15.6. The van der Waals surface area contributed by atoms with Crippen molar-refractivity contribution in [2.45, 2.75) is 25.7 Å². The van der Waals surface area contributed by atoms with Crippen LogP contribution < -0.4 is 0 Å². The second-order valence-electron chi connectivity index (χ2n) is 4.46. The molecule has 0 radical (unpaired) electrons. The molecule has 0 aliphatic rings. The smallest absolute Gasteiger partial charge is 0.335 e. The Morgan fingerprint density at radius 3 is 2.53 bits per heavy atom. The van der Waals surface area contributed by atoms with Crippen LogP contribution in [0.1, 0.15) is 35.2 Å². The molecule has 0 aliphatic carbocycles. The van der Waals surface area contributed by atoms with Crippen molar-refractivity contribution in [3.05, 3.63) is 35.4 Å². The normalized spacial score (nSPS) is 12.1. The number of unbranched alkanes of at least 4 members (excludes halogenated alkanes) is 1. The van der Waals surface area contributed by atoms with Crippen LogP contribution >= 0.6 is 12.6 Å². The molecule has 1 rings (SSSR count). The molecule has 0 saturated heterocycles. The summed E-state index contributed by atoms with van der Waals surface area (Å²) in [6.07, 6.45) is 2.66. The number of carboxylic acid groups (broad SMARTS) is 2. The molecule has 4 nitrogen and oxygen atoms in total. The first-order chi connectivity index (χ1) is 9.04. The minimum absolute atomic E-state index is 0.192. The van der Waals surface area contributed by atoms with Gasteiger partial charge in [-0.15, -0.1) is 0 Å². The Morgan fingerprint density at radius 2 is 1.95 bits per heavy atom. The minimum Gasteiger partial charge on any atom is -0.481 e. The van der Waals surface area contributed by atoms with Gasteiger partial charge in [0.1, 0.15) is 0 Å². The van der Waals surface area contributed by atoms with E-state index in [0.717, 1.165) is 24.2 Å². The summed E-state index contributed by atoms with van der Waals surface area (Å²) in [4.78, 5) is 22.0. The number of rotatable bonds is 8. The van der Waals surface area contributed by atoms with Gasteiger partial charge in [-0.05, 0) is 42.7 Å². The van der Waals surface area contributed by atoms with E-state index in [0.29, 0.717) is 12.8 Å². The average Bonchev–Trinajstić information content (AvgIpc) is 2.38. The fraction of sp³-hybridized carbons (Fsp3) is 0.429. The number of thiol groups is 1. The fourth-order valence-electron chi connectivity index (χ4n) is 1.93. The van der Waals surface area contributed by atoms with Crippen molar-refractivity contribution >= 4 is 24.6 Å². The van der Waals surface area contributed by atoms with Gasteiger partial charge in [-0.2, -0.15) is 12.6 Å². The van der Waals surface area contributed by atoms with Gasteiger partial charge in [0.05, 0.1) is 11.5 Å². The summed E-state index contributed by atoms with van der Waals surface area (Å²) in [6, 6.07) is 6.45. The van der Waals surface area contributed by atoms with Crippen LogP contribution in [0.2, 0.25) is 0 Å². The molecule has 1 aromatic carbocycles. The van der Waals surface area contributed by atoms with Crippen LogP contribution in [0.15, 0.2) is 24.3 Å². The number of carbonyl (C=O) groups is 2. The van der Waals surface area contributed by atoms with E-state index in [9.17, 15) is 14.7 Å². The standard InChI is InChI=1S/C14H18O4S/c15-13(16)11(5-1-2-7-19)8-10-4-3-6-12(9-10)14(17)18/h3-4,6,9,11,19H,1-2,5,7-8H2,(H,15,16)(H,17,18)/t11-/m0/s1. The third-order valence-corrected chi connectivity index (χ3v) is 3.28. The SMILES string of the molecule is O=C(O)c1cccc(C[C@H](CCCCS)C(=O)O)c1. The summed E-state index contributed by atoms with van der Waals surface area (Å²) in [5, 5.41) is 18.1. The number of aromatic carboxylic acids is 1. The Morgan fingerprint density at radius 1 is 1.21 bits per heavy atom. The summed E-state index contributed by atoms with van der Waals surface area (Å²) >= 11 is 4.10. The number of benzene rings is 1. The molecule has 0 fully saturated rings. The van der Waals surface area contributed by atoms with Gasteiger partial charge in [0, 0.05) is 0 Å². The molecule has 0 aromatic heterocycles. The summed E-state index contributed by atoms with van der Waals surface area (Å²) in [7, 11) is 0. The quantitative estimate of drug-likeness (QED) is 0.506. The van der Waals surface area contributed by atoms with E-state index in [1.54, 1.807) is 12.1 Å². The molecule has 104 valence electrons. The predicted molar refractivity (Wildman–Crippen MR) is 75.9 cm³/mol. The zero-order valence-electron chi connectivity index (χ0n) is 10.6. The second kappa shape index (κ2) is 7.84. The van der Waals surface area contributed by atoms with Crippen molar-refractivity contribution in [3.63, 3.8) is 0 Å². The molecule has 0 spiro atoms. The highest BCUT2D eigenvalue weighted by molar-refractivity contribution is 7.80. The highest BCUT2D eigenvalue weighted by Gasteiger charge is 2.18. The molecule has 1 atom stereocenters. The van der Waals surface area contributed by atoms with E-state index in [-0.39, 0.29) is 5.56 Å². The number of aliphatic carboxylic acids is 1. The van der Waals surface area contributed by atoms with Crippen LogP contribution in [0.5, 0.6) is 0 Å². The highest BCUT2D eigenvalue weighted by Crippen LogP contribution is 2.17. The van der Waals surface area contributed by atoms with E-state index in [4.69, 9.17) is 5.11 Å². The highest BCUT2D eigenvalue weighted by atomic mass is 32.1. The maximum absolute atomic E-state index is 11.2. The molecule has 0 saturated carbocycles. The molecule has 1 aromatic rings. The van der Waals surface area contributed by atoms with E-state index >= 15 is 0 Å². The molecule has 0 aliphatic heterocycles. The van der Waals surface area contributed by atoms with Gasteiger partial charge in [0.25, 0.3) is 0 Å².